The van der Waals surface area contributed by atoms with Crippen LogP contribution < -0.4 is 9.47 Å². The van der Waals surface area contributed by atoms with Gasteiger partial charge in [-0.25, -0.2) is 0 Å². The Kier molecular flexibility index (Phi) is 5.89. The lowest BCUT2D eigenvalue weighted by Crippen LogP contribution is -2.39. The first-order valence-electron chi connectivity index (χ1n) is 11.2. The van der Waals surface area contributed by atoms with Crippen molar-refractivity contribution in [3.05, 3.63) is 76.1 Å². The van der Waals surface area contributed by atoms with Crippen LogP contribution >= 0.6 is 0 Å². The molecule has 0 bridgehead atoms. The predicted molar refractivity (Wildman–Crippen MR) is 120 cm³/mol. The first-order valence-corrected chi connectivity index (χ1v) is 11.2. The number of benzene rings is 2. The van der Waals surface area contributed by atoms with Gasteiger partial charge < -0.3 is 9.47 Å². The molecule has 1 atom stereocenters. The van der Waals surface area contributed by atoms with E-state index in [1.165, 1.54) is 6.20 Å². The summed E-state index contributed by atoms with van der Waals surface area (Å²) in [5, 5.41) is 0. The second-order valence-corrected chi connectivity index (χ2v) is 8.97. The third-order valence-electron chi connectivity index (χ3n) is 6.85. The highest BCUT2D eigenvalue weighted by Gasteiger charge is 2.38. The molecule has 2 aliphatic rings. The SMILES string of the molecule is COc1cc2c(cc1OC)[C@H]1Cc3ncc(-c4cc(C(F)(F)F)cc(C(F)(F)F)c4)cc3CN1CC2. The molecule has 3 heterocycles. The topological polar surface area (TPSA) is 34.6 Å². The first-order chi connectivity index (χ1) is 17.0. The van der Waals surface area contributed by atoms with E-state index < -0.39 is 23.5 Å². The molecule has 2 aromatic carbocycles. The Morgan fingerprint density at radius 2 is 1.44 bits per heavy atom. The van der Waals surface area contributed by atoms with Crippen molar-refractivity contribution in [1.82, 2.24) is 9.88 Å². The maximum absolute atomic E-state index is 13.3. The van der Waals surface area contributed by atoms with Crippen molar-refractivity contribution in [1.29, 1.82) is 0 Å². The number of halogens is 6. The summed E-state index contributed by atoms with van der Waals surface area (Å²) in [6.45, 7) is 1.23. The average molecular weight is 508 g/mol. The van der Waals surface area contributed by atoms with Crippen LogP contribution in [0, 0.1) is 0 Å². The Labute approximate surface area is 203 Å². The van der Waals surface area contributed by atoms with Crippen molar-refractivity contribution in [2.45, 2.75) is 37.8 Å². The highest BCUT2D eigenvalue weighted by Crippen LogP contribution is 2.43. The molecule has 0 amide bonds. The monoisotopic (exact) mass is 508 g/mol. The summed E-state index contributed by atoms with van der Waals surface area (Å²) in [5.41, 5.74) is 1.16. The molecule has 0 spiro atoms. The zero-order valence-electron chi connectivity index (χ0n) is 19.4. The van der Waals surface area contributed by atoms with Gasteiger partial charge in [-0.05, 0) is 65.1 Å². The highest BCUT2D eigenvalue weighted by molar-refractivity contribution is 5.66. The zero-order valence-corrected chi connectivity index (χ0v) is 19.4. The van der Waals surface area contributed by atoms with Crippen LogP contribution in [0.25, 0.3) is 11.1 Å². The summed E-state index contributed by atoms with van der Waals surface area (Å²) < 4.78 is 90.8. The third-order valence-corrected chi connectivity index (χ3v) is 6.85. The standard InChI is InChI=1S/C26H22F6N2O2/c1-35-23-8-14-3-4-34-13-17-5-16(12-33-21(17)11-22(34)20(14)10-24(23)36-2)15-6-18(25(27,28)29)9-19(7-15)26(30,31)32/h5-10,12,22H,3-4,11,13H2,1-2H3/t22-/m1/s1. The summed E-state index contributed by atoms with van der Waals surface area (Å²) >= 11 is 0. The summed E-state index contributed by atoms with van der Waals surface area (Å²) in [5.74, 6) is 1.28. The number of rotatable bonds is 3. The van der Waals surface area contributed by atoms with Gasteiger partial charge in [-0.15, -0.1) is 0 Å². The fourth-order valence-corrected chi connectivity index (χ4v) is 5.05. The Bertz CT molecular complexity index is 1290. The van der Waals surface area contributed by atoms with Gasteiger partial charge in [0.05, 0.1) is 25.3 Å². The predicted octanol–water partition coefficient (Wildman–Crippen LogP) is 6.46. The second-order valence-electron chi connectivity index (χ2n) is 8.97. The number of ether oxygens (including phenoxy) is 2. The molecule has 0 saturated heterocycles. The van der Waals surface area contributed by atoms with Crippen LogP contribution in [-0.4, -0.2) is 30.6 Å². The zero-order chi connectivity index (χ0) is 25.8. The van der Waals surface area contributed by atoms with Gasteiger partial charge in [0.15, 0.2) is 11.5 Å². The van der Waals surface area contributed by atoms with Crippen molar-refractivity contribution in [2.24, 2.45) is 0 Å². The number of alkyl halides is 6. The van der Waals surface area contributed by atoms with Crippen LogP contribution in [0.3, 0.4) is 0 Å². The lowest BCUT2D eigenvalue weighted by molar-refractivity contribution is -0.143. The molecule has 0 radical (unpaired) electrons. The minimum absolute atomic E-state index is 0.0322. The summed E-state index contributed by atoms with van der Waals surface area (Å²) in [4.78, 5) is 6.72. The molecule has 36 heavy (non-hydrogen) atoms. The van der Waals surface area contributed by atoms with Crippen molar-refractivity contribution >= 4 is 0 Å². The van der Waals surface area contributed by atoms with Gasteiger partial charge in [0.1, 0.15) is 0 Å². The summed E-state index contributed by atoms with van der Waals surface area (Å²) in [7, 11) is 3.15. The van der Waals surface area contributed by atoms with Gasteiger partial charge in [-0.2, -0.15) is 26.3 Å². The average Bonchev–Trinajstić information content (AvgIpc) is 2.84. The molecule has 0 N–H and O–H groups in total. The van der Waals surface area contributed by atoms with E-state index in [2.05, 4.69) is 9.88 Å². The molecule has 4 nitrogen and oxygen atoms in total. The molecule has 0 unspecified atom stereocenters. The van der Waals surface area contributed by atoms with Crippen molar-refractivity contribution in [2.75, 3.05) is 20.8 Å². The number of nitrogens with zero attached hydrogens (tertiary/aromatic N) is 2. The van der Waals surface area contributed by atoms with Gasteiger partial charge in [0.2, 0.25) is 0 Å². The number of aromatic nitrogens is 1. The number of fused-ring (bicyclic) bond motifs is 4. The van der Waals surface area contributed by atoms with Crippen molar-refractivity contribution < 1.29 is 35.8 Å². The molecule has 0 aliphatic carbocycles. The van der Waals surface area contributed by atoms with E-state index in [-0.39, 0.29) is 23.2 Å². The minimum Gasteiger partial charge on any atom is -0.493 e. The van der Waals surface area contributed by atoms with Crippen LogP contribution in [0.15, 0.2) is 42.6 Å². The van der Waals surface area contributed by atoms with Crippen LogP contribution in [0.4, 0.5) is 26.3 Å². The lowest BCUT2D eigenvalue weighted by Gasteiger charge is -2.41. The largest absolute Gasteiger partial charge is 0.493 e. The smallest absolute Gasteiger partial charge is 0.416 e. The fraction of sp³-hybridized carbons (Fsp3) is 0.346. The van der Waals surface area contributed by atoms with Crippen molar-refractivity contribution in [3.8, 4) is 22.6 Å². The minimum atomic E-state index is -4.91. The Balaban J connectivity index is 1.52. The quantitative estimate of drug-likeness (QED) is 0.381. The molecule has 5 rings (SSSR count). The van der Waals surface area contributed by atoms with Crippen LogP contribution in [0.5, 0.6) is 11.5 Å². The van der Waals surface area contributed by atoms with Crippen LogP contribution in [0.1, 0.15) is 39.6 Å². The molecule has 0 saturated carbocycles. The van der Waals surface area contributed by atoms with Gasteiger partial charge >= 0.3 is 12.4 Å². The Morgan fingerprint density at radius 3 is 2.06 bits per heavy atom. The van der Waals surface area contributed by atoms with E-state index in [4.69, 9.17) is 9.47 Å². The highest BCUT2D eigenvalue weighted by atomic mass is 19.4. The maximum atomic E-state index is 13.3. The van der Waals surface area contributed by atoms with Crippen molar-refractivity contribution in [3.63, 3.8) is 0 Å². The van der Waals surface area contributed by atoms with E-state index in [1.54, 1.807) is 20.3 Å². The fourth-order valence-electron chi connectivity index (χ4n) is 5.05. The second kappa shape index (κ2) is 8.69. The summed E-state index contributed by atoms with van der Waals surface area (Å²) in [6.07, 6.45) is -7.13. The third kappa shape index (κ3) is 4.38. The Hall–Kier alpha value is -3.27. The van der Waals surface area contributed by atoms with Crippen LogP contribution in [0.2, 0.25) is 0 Å². The molecule has 0 fully saturated rings. The molecular weight excluding hydrogens is 486 g/mol. The van der Waals surface area contributed by atoms with Gasteiger partial charge in [-0.1, -0.05) is 0 Å². The van der Waals surface area contributed by atoms with Crippen LogP contribution in [-0.2, 0) is 31.7 Å². The van der Waals surface area contributed by atoms with Gasteiger partial charge in [0, 0.05) is 43.0 Å². The molecular formula is C26H22F6N2O2. The van der Waals surface area contributed by atoms with Gasteiger partial charge in [0.25, 0.3) is 0 Å². The van der Waals surface area contributed by atoms with Gasteiger partial charge in [-0.3, -0.25) is 9.88 Å². The van der Waals surface area contributed by atoms with E-state index in [9.17, 15) is 26.3 Å². The number of hydrogen-bond acceptors (Lipinski definition) is 4. The molecule has 1 aromatic heterocycles. The number of hydrogen-bond donors (Lipinski definition) is 0. The lowest BCUT2D eigenvalue weighted by atomic mass is 9.85. The molecule has 3 aromatic rings. The molecule has 10 heteroatoms. The van der Waals surface area contributed by atoms with E-state index in [1.807, 2.05) is 12.1 Å². The maximum Gasteiger partial charge on any atom is 0.416 e. The van der Waals surface area contributed by atoms with E-state index in [0.717, 1.165) is 47.5 Å². The number of methoxy groups -OCH3 is 2. The molecule has 190 valence electrons. The van der Waals surface area contributed by atoms with E-state index >= 15 is 0 Å². The summed E-state index contributed by atoms with van der Waals surface area (Å²) in [6, 6.07) is 7.23. The molecule has 2 aliphatic heterocycles. The van der Waals surface area contributed by atoms with E-state index in [0.29, 0.717) is 24.5 Å². The Morgan fingerprint density at radius 1 is 0.806 bits per heavy atom. The normalized spacial score (nSPS) is 17.7. The number of pyridine rings is 1. The first kappa shape index (κ1) is 24.4.